The SMILES string of the molecule is Cl.OC(CNCCCl)C(O)C(O)C(O)CNCCCl. The summed E-state index contributed by atoms with van der Waals surface area (Å²) in [6, 6.07) is 0. The summed E-state index contributed by atoms with van der Waals surface area (Å²) in [5, 5.41) is 44.0. The third-order valence-corrected chi connectivity index (χ3v) is 2.77. The number of nitrogens with one attached hydrogen (secondary N) is 2. The van der Waals surface area contributed by atoms with E-state index in [-0.39, 0.29) is 25.5 Å². The van der Waals surface area contributed by atoms with Gasteiger partial charge in [0.05, 0.1) is 12.2 Å². The lowest BCUT2D eigenvalue weighted by Gasteiger charge is -2.26. The first-order valence-electron chi connectivity index (χ1n) is 5.80. The summed E-state index contributed by atoms with van der Waals surface area (Å²) in [7, 11) is 0. The molecule has 0 aromatic heterocycles. The van der Waals surface area contributed by atoms with Crippen LogP contribution in [-0.2, 0) is 0 Å². The van der Waals surface area contributed by atoms with Crippen LogP contribution < -0.4 is 10.6 Å². The molecule has 4 atom stereocenters. The first kappa shape index (κ1) is 21.9. The third-order valence-electron chi connectivity index (χ3n) is 2.39. The standard InChI is InChI=1S/C10H22Cl2N2O4.ClH/c11-1-3-13-5-7(15)9(17)10(18)8(16)6-14-4-2-12;/h7-10,13-18H,1-6H2;1H. The molecule has 0 fully saturated rings. The first-order chi connectivity index (χ1) is 8.54. The molecule has 0 radical (unpaired) electrons. The van der Waals surface area contributed by atoms with Crippen molar-refractivity contribution < 1.29 is 20.4 Å². The van der Waals surface area contributed by atoms with Gasteiger partial charge < -0.3 is 31.1 Å². The van der Waals surface area contributed by atoms with Crippen LogP contribution >= 0.6 is 35.6 Å². The summed E-state index contributed by atoms with van der Waals surface area (Å²) in [5.74, 6) is 0.771. The van der Waals surface area contributed by atoms with Gasteiger partial charge in [0.25, 0.3) is 0 Å². The normalized spacial score (nSPS) is 17.4. The van der Waals surface area contributed by atoms with Crippen molar-refractivity contribution in [2.24, 2.45) is 0 Å². The van der Waals surface area contributed by atoms with Crippen molar-refractivity contribution in [3.8, 4) is 0 Å². The van der Waals surface area contributed by atoms with Crippen LogP contribution in [0.2, 0.25) is 0 Å². The van der Waals surface area contributed by atoms with Gasteiger partial charge in [-0.05, 0) is 0 Å². The van der Waals surface area contributed by atoms with Crippen LogP contribution in [0.25, 0.3) is 0 Å². The zero-order valence-corrected chi connectivity index (χ0v) is 12.8. The Labute approximate surface area is 129 Å². The molecule has 0 bridgehead atoms. The fourth-order valence-corrected chi connectivity index (χ4v) is 1.60. The summed E-state index contributed by atoms with van der Waals surface area (Å²) in [6.07, 6.45) is -5.21. The molecule has 4 unspecified atom stereocenters. The van der Waals surface area contributed by atoms with Gasteiger partial charge in [-0.2, -0.15) is 0 Å². The Balaban J connectivity index is 0. The molecule has 0 saturated heterocycles. The minimum atomic E-state index is -1.43. The lowest BCUT2D eigenvalue weighted by atomic mass is 10.0. The van der Waals surface area contributed by atoms with Crippen molar-refractivity contribution in [1.82, 2.24) is 10.6 Å². The molecular weight excluding hydrogens is 318 g/mol. The van der Waals surface area contributed by atoms with Crippen molar-refractivity contribution in [3.63, 3.8) is 0 Å². The van der Waals surface area contributed by atoms with Crippen molar-refractivity contribution in [2.75, 3.05) is 37.9 Å². The number of hydrogen-bond donors (Lipinski definition) is 6. The van der Waals surface area contributed by atoms with Gasteiger partial charge in [0.1, 0.15) is 12.2 Å². The molecule has 6 nitrogen and oxygen atoms in total. The Hall–Kier alpha value is 0.630. The van der Waals surface area contributed by atoms with Crippen LogP contribution in [0, 0.1) is 0 Å². The monoisotopic (exact) mass is 340 g/mol. The maximum atomic E-state index is 9.63. The summed E-state index contributed by atoms with van der Waals surface area (Å²) < 4.78 is 0. The highest BCUT2D eigenvalue weighted by molar-refractivity contribution is 6.18. The zero-order valence-electron chi connectivity index (χ0n) is 10.5. The second-order valence-corrected chi connectivity index (χ2v) is 4.66. The molecule has 0 aliphatic heterocycles. The van der Waals surface area contributed by atoms with E-state index < -0.39 is 24.4 Å². The molecule has 118 valence electrons. The van der Waals surface area contributed by atoms with Crippen molar-refractivity contribution >= 4 is 35.6 Å². The highest BCUT2D eigenvalue weighted by Gasteiger charge is 2.29. The number of aliphatic hydroxyl groups is 4. The van der Waals surface area contributed by atoms with Gasteiger partial charge in [-0.3, -0.25) is 0 Å². The molecule has 0 rings (SSSR count). The maximum absolute atomic E-state index is 9.63. The molecule has 0 heterocycles. The first-order valence-corrected chi connectivity index (χ1v) is 6.87. The summed E-state index contributed by atoms with van der Waals surface area (Å²) in [5.41, 5.74) is 0. The Morgan fingerprint density at radius 3 is 1.32 bits per heavy atom. The number of hydrogen-bond acceptors (Lipinski definition) is 6. The predicted molar refractivity (Wildman–Crippen MR) is 78.5 cm³/mol. The van der Waals surface area contributed by atoms with Gasteiger partial charge in [-0.1, -0.05) is 0 Å². The van der Waals surface area contributed by atoms with Crippen LogP contribution in [0.5, 0.6) is 0 Å². The Morgan fingerprint density at radius 1 is 0.737 bits per heavy atom. The molecule has 0 spiro atoms. The van der Waals surface area contributed by atoms with E-state index in [1.807, 2.05) is 0 Å². The van der Waals surface area contributed by atoms with Gasteiger partial charge in [0.15, 0.2) is 0 Å². The van der Waals surface area contributed by atoms with Gasteiger partial charge in [-0.15, -0.1) is 35.6 Å². The van der Waals surface area contributed by atoms with E-state index in [1.54, 1.807) is 0 Å². The Bertz CT molecular complexity index is 186. The molecule has 0 aliphatic rings. The summed E-state index contributed by atoms with van der Waals surface area (Å²) in [4.78, 5) is 0. The summed E-state index contributed by atoms with van der Waals surface area (Å²) >= 11 is 10.9. The predicted octanol–water partition coefficient (Wildman–Crippen LogP) is -1.49. The number of alkyl halides is 2. The highest BCUT2D eigenvalue weighted by Crippen LogP contribution is 2.04. The van der Waals surface area contributed by atoms with E-state index >= 15 is 0 Å². The molecule has 6 N–H and O–H groups in total. The largest absolute Gasteiger partial charge is 0.389 e. The van der Waals surface area contributed by atoms with Crippen LogP contribution in [0.1, 0.15) is 0 Å². The highest BCUT2D eigenvalue weighted by atomic mass is 35.5. The molecule has 9 heteroatoms. The van der Waals surface area contributed by atoms with E-state index in [0.29, 0.717) is 24.8 Å². The van der Waals surface area contributed by atoms with E-state index in [2.05, 4.69) is 10.6 Å². The number of rotatable bonds is 11. The van der Waals surface area contributed by atoms with E-state index in [4.69, 9.17) is 23.2 Å². The average molecular weight is 342 g/mol. The van der Waals surface area contributed by atoms with Crippen LogP contribution in [0.3, 0.4) is 0 Å². The zero-order chi connectivity index (χ0) is 14.0. The fourth-order valence-electron chi connectivity index (χ4n) is 1.33. The summed E-state index contributed by atoms with van der Waals surface area (Å²) in [6.45, 7) is 1.15. The maximum Gasteiger partial charge on any atom is 0.110 e. The van der Waals surface area contributed by atoms with Crippen LogP contribution in [-0.4, -0.2) is 82.8 Å². The van der Waals surface area contributed by atoms with E-state index in [9.17, 15) is 20.4 Å². The van der Waals surface area contributed by atoms with E-state index in [0.717, 1.165) is 0 Å². The smallest absolute Gasteiger partial charge is 0.110 e. The van der Waals surface area contributed by atoms with Crippen molar-refractivity contribution in [2.45, 2.75) is 24.4 Å². The minimum Gasteiger partial charge on any atom is -0.389 e. The van der Waals surface area contributed by atoms with Crippen molar-refractivity contribution in [1.29, 1.82) is 0 Å². The van der Waals surface area contributed by atoms with Crippen LogP contribution in [0.15, 0.2) is 0 Å². The van der Waals surface area contributed by atoms with Crippen molar-refractivity contribution in [3.05, 3.63) is 0 Å². The molecule has 0 aromatic carbocycles. The van der Waals surface area contributed by atoms with Gasteiger partial charge in [-0.25, -0.2) is 0 Å². The molecule has 19 heavy (non-hydrogen) atoms. The number of aliphatic hydroxyl groups excluding tert-OH is 4. The van der Waals surface area contributed by atoms with Gasteiger partial charge in [0, 0.05) is 37.9 Å². The van der Waals surface area contributed by atoms with E-state index in [1.165, 1.54) is 0 Å². The second kappa shape index (κ2) is 13.6. The quantitative estimate of drug-likeness (QED) is 0.202. The molecule has 0 amide bonds. The second-order valence-electron chi connectivity index (χ2n) is 3.90. The fraction of sp³-hybridized carbons (Fsp3) is 1.00. The van der Waals surface area contributed by atoms with Crippen LogP contribution in [0.4, 0.5) is 0 Å². The average Bonchev–Trinajstić information content (AvgIpc) is 2.37. The minimum absolute atomic E-state index is 0. The Kier molecular flexibility index (Phi) is 15.7. The third kappa shape index (κ3) is 10.1. The van der Waals surface area contributed by atoms with Gasteiger partial charge in [0.2, 0.25) is 0 Å². The lowest BCUT2D eigenvalue weighted by molar-refractivity contribution is -0.102. The van der Waals surface area contributed by atoms with Gasteiger partial charge >= 0.3 is 0 Å². The molecule has 0 aromatic rings. The Morgan fingerprint density at radius 2 is 1.05 bits per heavy atom. The topological polar surface area (TPSA) is 105 Å². The number of halogens is 3. The lowest BCUT2D eigenvalue weighted by Crippen LogP contribution is -2.50. The molecule has 0 aliphatic carbocycles. The molecular formula is C10H23Cl3N2O4. The molecule has 0 saturated carbocycles.